The fourth-order valence-electron chi connectivity index (χ4n) is 3.32. The SMILES string of the molecule is COc1cc2c(cc1C)nc(NCCCCNC(=O)C(O)C(C)C)c1nnc(C)n12. The highest BCUT2D eigenvalue weighted by atomic mass is 16.5. The van der Waals surface area contributed by atoms with Crippen LogP contribution in [0, 0.1) is 19.8 Å². The molecule has 1 aromatic carbocycles. The van der Waals surface area contributed by atoms with E-state index in [1.807, 2.05) is 44.2 Å². The zero-order valence-corrected chi connectivity index (χ0v) is 18.2. The van der Waals surface area contributed by atoms with Gasteiger partial charge in [0.15, 0.2) is 5.82 Å². The van der Waals surface area contributed by atoms with Crippen LogP contribution >= 0.6 is 0 Å². The van der Waals surface area contributed by atoms with Crippen LogP contribution < -0.4 is 15.4 Å². The molecule has 0 spiro atoms. The summed E-state index contributed by atoms with van der Waals surface area (Å²) in [5.74, 6) is 1.83. The van der Waals surface area contributed by atoms with Crippen molar-refractivity contribution in [3.05, 3.63) is 23.5 Å². The number of aryl methyl sites for hydroxylation is 2. The molecule has 162 valence electrons. The summed E-state index contributed by atoms with van der Waals surface area (Å²) in [6, 6.07) is 3.95. The number of carbonyl (C=O) groups is 1. The minimum absolute atomic E-state index is 0.0942. The van der Waals surface area contributed by atoms with E-state index in [4.69, 9.17) is 9.72 Å². The van der Waals surface area contributed by atoms with Crippen LogP contribution in [0.5, 0.6) is 5.75 Å². The first-order chi connectivity index (χ1) is 14.3. The number of hydrogen-bond donors (Lipinski definition) is 3. The minimum atomic E-state index is -0.962. The number of aromatic nitrogens is 4. The number of carbonyl (C=O) groups excluding carboxylic acids is 1. The van der Waals surface area contributed by atoms with Crippen molar-refractivity contribution in [1.82, 2.24) is 24.9 Å². The molecule has 0 saturated heterocycles. The first-order valence-electron chi connectivity index (χ1n) is 10.2. The predicted molar refractivity (Wildman–Crippen MR) is 116 cm³/mol. The lowest BCUT2D eigenvalue weighted by molar-refractivity contribution is -0.131. The third-order valence-corrected chi connectivity index (χ3v) is 5.10. The predicted octanol–water partition coefficient (Wildman–Crippen LogP) is 2.23. The minimum Gasteiger partial charge on any atom is -0.496 e. The van der Waals surface area contributed by atoms with Gasteiger partial charge in [0.05, 0.1) is 18.1 Å². The molecular formula is C21H30N6O3. The van der Waals surface area contributed by atoms with E-state index >= 15 is 0 Å². The summed E-state index contributed by atoms with van der Waals surface area (Å²) in [5.41, 5.74) is 3.40. The van der Waals surface area contributed by atoms with E-state index in [1.54, 1.807) is 7.11 Å². The maximum Gasteiger partial charge on any atom is 0.249 e. The van der Waals surface area contributed by atoms with Crippen LogP contribution in [0.3, 0.4) is 0 Å². The molecule has 0 aliphatic heterocycles. The average molecular weight is 415 g/mol. The Labute approximate surface area is 175 Å². The first kappa shape index (κ1) is 21.8. The molecule has 9 heteroatoms. The highest BCUT2D eigenvalue weighted by molar-refractivity contribution is 5.85. The molecule has 0 aliphatic rings. The Bertz CT molecular complexity index is 1050. The first-order valence-corrected chi connectivity index (χ1v) is 10.2. The summed E-state index contributed by atoms with van der Waals surface area (Å²) in [6.45, 7) is 8.72. The average Bonchev–Trinajstić information content (AvgIpc) is 3.11. The molecule has 30 heavy (non-hydrogen) atoms. The lowest BCUT2D eigenvalue weighted by Gasteiger charge is -2.14. The van der Waals surface area contributed by atoms with Gasteiger partial charge in [-0.3, -0.25) is 9.20 Å². The summed E-state index contributed by atoms with van der Waals surface area (Å²) < 4.78 is 7.42. The third kappa shape index (κ3) is 4.46. The maximum absolute atomic E-state index is 11.8. The van der Waals surface area contributed by atoms with Gasteiger partial charge in [-0.05, 0) is 44.2 Å². The molecule has 2 aromatic heterocycles. The molecule has 0 saturated carbocycles. The number of ether oxygens (including phenoxy) is 1. The zero-order chi connectivity index (χ0) is 21.8. The van der Waals surface area contributed by atoms with Gasteiger partial charge >= 0.3 is 0 Å². The molecule has 2 heterocycles. The highest BCUT2D eigenvalue weighted by Crippen LogP contribution is 2.28. The molecule has 1 amide bonds. The smallest absolute Gasteiger partial charge is 0.249 e. The summed E-state index contributed by atoms with van der Waals surface area (Å²) in [7, 11) is 1.65. The fourth-order valence-corrected chi connectivity index (χ4v) is 3.32. The van der Waals surface area contributed by atoms with Gasteiger partial charge < -0.3 is 20.5 Å². The van der Waals surface area contributed by atoms with Gasteiger partial charge in [0.1, 0.15) is 17.7 Å². The van der Waals surface area contributed by atoms with E-state index in [9.17, 15) is 9.90 Å². The number of rotatable bonds is 9. The van der Waals surface area contributed by atoms with Crippen molar-refractivity contribution >= 4 is 28.4 Å². The van der Waals surface area contributed by atoms with Crippen LogP contribution in [0.4, 0.5) is 5.82 Å². The van der Waals surface area contributed by atoms with Crippen LogP contribution in [-0.2, 0) is 4.79 Å². The number of hydrogen-bond acceptors (Lipinski definition) is 7. The van der Waals surface area contributed by atoms with E-state index < -0.39 is 6.10 Å². The van der Waals surface area contributed by atoms with Gasteiger partial charge in [-0.2, -0.15) is 0 Å². The molecule has 0 bridgehead atoms. The summed E-state index contributed by atoms with van der Waals surface area (Å²) in [5, 5.41) is 24.3. The van der Waals surface area contributed by atoms with Crippen LogP contribution in [0.15, 0.2) is 12.1 Å². The van der Waals surface area contributed by atoms with Crippen molar-refractivity contribution in [2.75, 3.05) is 25.5 Å². The normalized spacial score (nSPS) is 12.5. The lowest BCUT2D eigenvalue weighted by atomic mass is 10.1. The second-order valence-electron chi connectivity index (χ2n) is 7.79. The Hall–Kier alpha value is -2.94. The molecule has 0 radical (unpaired) electrons. The number of anilines is 1. The van der Waals surface area contributed by atoms with Crippen molar-refractivity contribution in [3.63, 3.8) is 0 Å². The van der Waals surface area contributed by atoms with Crippen LogP contribution in [0.2, 0.25) is 0 Å². The van der Waals surface area contributed by atoms with Crippen molar-refractivity contribution < 1.29 is 14.6 Å². The van der Waals surface area contributed by atoms with Gasteiger partial charge in [-0.15, -0.1) is 10.2 Å². The van der Waals surface area contributed by atoms with E-state index in [2.05, 4.69) is 20.8 Å². The Morgan fingerprint density at radius 2 is 1.93 bits per heavy atom. The Kier molecular flexibility index (Phi) is 6.71. The maximum atomic E-state index is 11.8. The standard InChI is InChI=1S/C21H30N6O3/c1-12(2)18(28)21(29)23-9-7-6-8-22-19-20-26-25-14(4)27(20)16-11-17(30-5)13(3)10-15(16)24-19/h10-12,18,28H,6-9H2,1-5H3,(H,22,24)(H,23,29). The molecule has 1 unspecified atom stereocenters. The van der Waals surface area contributed by atoms with Crippen LogP contribution in [-0.4, -0.2) is 56.9 Å². The molecule has 9 nitrogen and oxygen atoms in total. The molecule has 3 N–H and O–H groups in total. The second kappa shape index (κ2) is 9.25. The summed E-state index contributed by atoms with van der Waals surface area (Å²) in [6.07, 6.45) is 0.658. The number of nitrogens with one attached hydrogen (secondary N) is 2. The Morgan fingerprint density at radius 1 is 1.20 bits per heavy atom. The van der Waals surface area contributed by atoms with Gasteiger partial charge in [0.2, 0.25) is 11.6 Å². The molecule has 0 aliphatic carbocycles. The molecule has 1 atom stereocenters. The molecular weight excluding hydrogens is 384 g/mol. The van der Waals surface area contributed by atoms with Gasteiger partial charge in [-0.25, -0.2) is 4.98 Å². The van der Waals surface area contributed by atoms with Crippen LogP contribution in [0.1, 0.15) is 38.1 Å². The topological polar surface area (TPSA) is 114 Å². The summed E-state index contributed by atoms with van der Waals surface area (Å²) >= 11 is 0. The van der Waals surface area contributed by atoms with Gasteiger partial charge in [0.25, 0.3) is 0 Å². The van der Waals surface area contributed by atoms with E-state index in [1.165, 1.54) is 0 Å². The molecule has 3 rings (SSSR count). The molecule has 0 fully saturated rings. The quantitative estimate of drug-likeness (QED) is 0.460. The number of aliphatic hydroxyl groups excluding tert-OH is 1. The molecule has 3 aromatic rings. The van der Waals surface area contributed by atoms with Crippen molar-refractivity contribution in [1.29, 1.82) is 0 Å². The number of aliphatic hydroxyl groups is 1. The number of methoxy groups -OCH3 is 1. The zero-order valence-electron chi connectivity index (χ0n) is 18.2. The van der Waals surface area contributed by atoms with Crippen molar-refractivity contribution in [2.24, 2.45) is 5.92 Å². The monoisotopic (exact) mass is 414 g/mol. The van der Waals surface area contributed by atoms with E-state index in [-0.39, 0.29) is 11.8 Å². The van der Waals surface area contributed by atoms with Crippen molar-refractivity contribution in [3.8, 4) is 5.75 Å². The number of unbranched alkanes of at least 4 members (excludes halogenated alkanes) is 1. The van der Waals surface area contributed by atoms with E-state index in [0.717, 1.165) is 41.0 Å². The Morgan fingerprint density at radius 3 is 2.63 bits per heavy atom. The number of amides is 1. The number of nitrogens with zero attached hydrogens (tertiary/aromatic N) is 4. The van der Waals surface area contributed by atoms with E-state index in [0.29, 0.717) is 24.6 Å². The summed E-state index contributed by atoms with van der Waals surface area (Å²) in [4.78, 5) is 16.5. The van der Waals surface area contributed by atoms with Gasteiger partial charge in [-0.1, -0.05) is 13.8 Å². The third-order valence-electron chi connectivity index (χ3n) is 5.10. The van der Waals surface area contributed by atoms with Crippen molar-refractivity contribution in [2.45, 2.75) is 46.6 Å². The largest absolute Gasteiger partial charge is 0.496 e. The van der Waals surface area contributed by atoms with Gasteiger partial charge in [0, 0.05) is 19.2 Å². The van der Waals surface area contributed by atoms with Crippen LogP contribution in [0.25, 0.3) is 16.7 Å². The number of fused-ring (bicyclic) bond motifs is 3. The second-order valence-corrected chi connectivity index (χ2v) is 7.79. The highest BCUT2D eigenvalue weighted by Gasteiger charge is 2.18. The lowest BCUT2D eigenvalue weighted by Crippen LogP contribution is -2.38. The number of benzene rings is 1. The fraction of sp³-hybridized carbons (Fsp3) is 0.524. The Balaban J connectivity index is 1.67.